The van der Waals surface area contributed by atoms with E-state index in [1.54, 1.807) is 6.92 Å². The van der Waals surface area contributed by atoms with Crippen molar-refractivity contribution in [3.8, 4) is 0 Å². The average molecular weight is 269 g/mol. The van der Waals surface area contributed by atoms with Gasteiger partial charge in [-0.05, 0) is 6.92 Å². The largest absolute Gasteiger partial charge is 0.408 e. The summed E-state index contributed by atoms with van der Waals surface area (Å²) in [6.45, 7) is 5.76. The van der Waals surface area contributed by atoms with Crippen LogP contribution >= 0.6 is 0 Å². The number of ether oxygens (including phenoxy) is 1. The second kappa shape index (κ2) is 6.09. The predicted molar refractivity (Wildman–Crippen MR) is 67.5 cm³/mol. The smallest absolute Gasteiger partial charge is 0.322 e. The molecule has 1 aromatic rings. The summed E-state index contributed by atoms with van der Waals surface area (Å²) < 4.78 is 10.6. The minimum atomic E-state index is -0.186. The minimum Gasteiger partial charge on any atom is -0.408 e. The number of anilines is 1. The van der Waals surface area contributed by atoms with E-state index in [4.69, 9.17) is 14.9 Å². The maximum atomic E-state index is 11.8. The molecule has 0 aromatic carbocycles. The zero-order valence-electron chi connectivity index (χ0n) is 11.1. The van der Waals surface area contributed by atoms with Gasteiger partial charge < -0.3 is 14.9 Å². The molecule has 0 bridgehead atoms. The lowest BCUT2D eigenvalue weighted by Crippen LogP contribution is -2.51. The Labute approximate surface area is 111 Å². The van der Waals surface area contributed by atoms with Gasteiger partial charge in [-0.3, -0.25) is 15.0 Å². The molecule has 1 aliphatic heterocycles. The molecule has 1 amide bonds. The molecule has 8 heteroatoms. The summed E-state index contributed by atoms with van der Waals surface area (Å²) in [5.74, 6) is 0.229. The lowest BCUT2D eigenvalue weighted by Gasteiger charge is -2.34. The average Bonchev–Trinajstić information content (AvgIpc) is 2.74. The van der Waals surface area contributed by atoms with Gasteiger partial charge in [0, 0.05) is 26.1 Å². The fourth-order valence-electron chi connectivity index (χ4n) is 1.90. The summed E-state index contributed by atoms with van der Waals surface area (Å²) in [5.41, 5.74) is 5.80. The monoisotopic (exact) mass is 269 g/mol. The van der Waals surface area contributed by atoms with E-state index >= 15 is 0 Å². The Hall–Kier alpha value is -1.51. The Morgan fingerprint density at radius 2 is 2.42 bits per heavy atom. The van der Waals surface area contributed by atoms with Gasteiger partial charge in [0.15, 0.2) is 0 Å². The predicted octanol–water partition coefficient (Wildman–Crippen LogP) is -0.635. The minimum absolute atomic E-state index is 0.0350. The molecular formula is C11H19N5O3. The van der Waals surface area contributed by atoms with Crippen molar-refractivity contribution < 1.29 is 13.9 Å². The topological polar surface area (TPSA) is 107 Å². The molecule has 2 rings (SSSR count). The number of nitrogens with two attached hydrogens (primary N) is 1. The van der Waals surface area contributed by atoms with Crippen molar-refractivity contribution in [3.63, 3.8) is 0 Å². The maximum absolute atomic E-state index is 11.8. The van der Waals surface area contributed by atoms with Crippen LogP contribution in [0.1, 0.15) is 12.8 Å². The van der Waals surface area contributed by atoms with Crippen molar-refractivity contribution in [1.82, 2.24) is 15.1 Å². The molecule has 2 heterocycles. The van der Waals surface area contributed by atoms with Crippen LogP contribution in [0.5, 0.6) is 0 Å². The molecule has 8 nitrogen and oxygen atoms in total. The first-order valence-corrected chi connectivity index (χ1v) is 6.24. The van der Waals surface area contributed by atoms with Gasteiger partial charge in [0.2, 0.25) is 11.8 Å². The Morgan fingerprint density at radius 1 is 1.63 bits per heavy atom. The number of aryl methyl sites for hydroxylation is 1. The highest BCUT2D eigenvalue weighted by Gasteiger charge is 2.24. The highest BCUT2D eigenvalue weighted by Crippen LogP contribution is 2.08. The zero-order valence-corrected chi connectivity index (χ0v) is 11.1. The van der Waals surface area contributed by atoms with E-state index in [1.807, 2.05) is 11.8 Å². The molecule has 2 unspecified atom stereocenters. The number of aromatic nitrogens is 2. The van der Waals surface area contributed by atoms with Gasteiger partial charge >= 0.3 is 6.01 Å². The Balaban J connectivity index is 1.81. The molecule has 1 fully saturated rings. The standard InChI is InChI=1S/C11H19N5O3/c1-7(12)9-5-16(3-4-18-9)6-10(17)13-11-15-14-8(2)19-11/h7,9H,3-6,12H2,1-2H3,(H,13,15,17). The third-order valence-corrected chi connectivity index (χ3v) is 2.90. The molecular weight excluding hydrogens is 250 g/mol. The van der Waals surface area contributed by atoms with Crippen molar-refractivity contribution in [2.75, 3.05) is 31.6 Å². The summed E-state index contributed by atoms with van der Waals surface area (Å²) in [6.07, 6.45) is -0.0350. The van der Waals surface area contributed by atoms with E-state index in [2.05, 4.69) is 15.5 Å². The van der Waals surface area contributed by atoms with Crippen molar-refractivity contribution >= 4 is 11.9 Å². The van der Waals surface area contributed by atoms with E-state index in [-0.39, 0.29) is 30.6 Å². The molecule has 0 radical (unpaired) electrons. The van der Waals surface area contributed by atoms with Gasteiger partial charge in [-0.1, -0.05) is 5.10 Å². The van der Waals surface area contributed by atoms with Crippen molar-refractivity contribution in [3.05, 3.63) is 5.89 Å². The number of hydrogen-bond acceptors (Lipinski definition) is 7. The summed E-state index contributed by atoms with van der Waals surface area (Å²) in [5, 5.41) is 9.91. The number of amides is 1. The molecule has 0 saturated carbocycles. The molecule has 19 heavy (non-hydrogen) atoms. The molecule has 0 aliphatic carbocycles. The SMILES string of the molecule is Cc1nnc(NC(=O)CN2CCOC(C(C)N)C2)o1. The Morgan fingerprint density at radius 3 is 3.05 bits per heavy atom. The third kappa shape index (κ3) is 3.98. The number of rotatable bonds is 4. The molecule has 0 spiro atoms. The first kappa shape index (κ1) is 13.9. The van der Waals surface area contributed by atoms with Crippen molar-refractivity contribution in [2.45, 2.75) is 26.0 Å². The van der Waals surface area contributed by atoms with Crippen LogP contribution in [0, 0.1) is 6.92 Å². The highest BCUT2D eigenvalue weighted by molar-refractivity contribution is 5.90. The normalized spacial score (nSPS) is 22.2. The molecule has 3 N–H and O–H groups in total. The zero-order chi connectivity index (χ0) is 13.8. The van der Waals surface area contributed by atoms with Crippen LogP contribution in [0.25, 0.3) is 0 Å². The Kier molecular flexibility index (Phi) is 4.46. The van der Waals surface area contributed by atoms with Gasteiger partial charge in [-0.2, -0.15) is 0 Å². The fourth-order valence-corrected chi connectivity index (χ4v) is 1.90. The van der Waals surface area contributed by atoms with Crippen LogP contribution in [0.3, 0.4) is 0 Å². The number of morpholine rings is 1. The van der Waals surface area contributed by atoms with Crippen LogP contribution in [0.4, 0.5) is 6.01 Å². The highest BCUT2D eigenvalue weighted by atomic mass is 16.5. The second-order valence-electron chi connectivity index (χ2n) is 4.68. The summed E-state index contributed by atoms with van der Waals surface area (Å²) in [7, 11) is 0. The van der Waals surface area contributed by atoms with Crippen molar-refractivity contribution in [2.24, 2.45) is 5.73 Å². The maximum Gasteiger partial charge on any atom is 0.322 e. The first-order chi connectivity index (χ1) is 9.04. The Bertz CT molecular complexity index is 434. The van der Waals surface area contributed by atoms with Gasteiger partial charge in [-0.25, -0.2) is 0 Å². The lowest BCUT2D eigenvalue weighted by atomic mass is 10.1. The van der Waals surface area contributed by atoms with E-state index in [1.165, 1.54) is 0 Å². The molecule has 106 valence electrons. The van der Waals surface area contributed by atoms with Gasteiger partial charge in [0.25, 0.3) is 0 Å². The third-order valence-electron chi connectivity index (χ3n) is 2.90. The van der Waals surface area contributed by atoms with E-state index in [9.17, 15) is 4.79 Å². The molecule has 1 aromatic heterocycles. The summed E-state index contributed by atoms with van der Waals surface area (Å²) in [6, 6.07) is 0.0731. The fraction of sp³-hybridized carbons (Fsp3) is 0.727. The number of carbonyl (C=O) groups is 1. The van der Waals surface area contributed by atoms with Crippen LogP contribution < -0.4 is 11.1 Å². The number of nitrogens with one attached hydrogen (secondary N) is 1. The van der Waals surface area contributed by atoms with Gasteiger partial charge in [0.1, 0.15) is 0 Å². The van der Waals surface area contributed by atoms with Crippen LogP contribution in [-0.2, 0) is 9.53 Å². The molecule has 2 atom stereocenters. The number of nitrogens with zero attached hydrogens (tertiary/aromatic N) is 3. The number of hydrogen-bond donors (Lipinski definition) is 2. The number of carbonyl (C=O) groups excluding carboxylic acids is 1. The van der Waals surface area contributed by atoms with Crippen molar-refractivity contribution in [1.29, 1.82) is 0 Å². The van der Waals surface area contributed by atoms with Crippen LogP contribution in [0.2, 0.25) is 0 Å². The second-order valence-corrected chi connectivity index (χ2v) is 4.68. The van der Waals surface area contributed by atoms with E-state index < -0.39 is 0 Å². The summed E-state index contributed by atoms with van der Waals surface area (Å²) in [4.78, 5) is 13.8. The van der Waals surface area contributed by atoms with Crippen LogP contribution in [0.15, 0.2) is 4.42 Å². The van der Waals surface area contributed by atoms with E-state index in [0.717, 1.165) is 0 Å². The lowest BCUT2D eigenvalue weighted by molar-refractivity contribution is -0.119. The summed E-state index contributed by atoms with van der Waals surface area (Å²) >= 11 is 0. The van der Waals surface area contributed by atoms with Gasteiger partial charge in [0.05, 0.1) is 19.3 Å². The van der Waals surface area contributed by atoms with Gasteiger partial charge in [-0.15, -0.1) is 5.10 Å². The van der Waals surface area contributed by atoms with Crippen LogP contribution in [-0.4, -0.2) is 59.4 Å². The molecule has 1 aliphatic rings. The quantitative estimate of drug-likeness (QED) is 0.749. The molecule has 1 saturated heterocycles. The first-order valence-electron chi connectivity index (χ1n) is 6.24. The van der Waals surface area contributed by atoms with E-state index in [0.29, 0.717) is 25.6 Å².